The number of likely N-dealkylation sites (tertiary alicyclic amines) is 1. The number of hydrogen-bond donors (Lipinski definition) is 2. The molecule has 2 saturated heterocycles. The third-order valence-corrected chi connectivity index (χ3v) is 7.91. The Balaban J connectivity index is 1.30. The Morgan fingerprint density at radius 2 is 1.67 bits per heavy atom. The van der Waals surface area contributed by atoms with Crippen molar-refractivity contribution >= 4 is 17.7 Å². The number of nitrogens with zero attached hydrogens (tertiary/aromatic N) is 1. The van der Waals surface area contributed by atoms with Crippen LogP contribution >= 0.6 is 0 Å². The van der Waals surface area contributed by atoms with E-state index in [4.69, 9.17) is 0 Å². The van der Waals surface area contributed by atoms with E-state index < -0.39 is 6.04 Å². The second kappa shape index (κ2) is 6.49. The van der Waals surface area contributed by atoms with Crippen molar-refractivity contribution in [3.63, 3.8) is 0 Å². The zero-order chi connectivity index (χ0) is 18.6. The van der Waals surface area contributed by atoms with Gasteiger partial charge in [0.15, 0.2) is 0 Å². The first-order chi connectivity index (χ1) is 13.0. The highest BCUT2D eigenvalue weighted by Gasteiger charge is 2.56. The van der Waals surface area contributed by atoms with Gasteiger partial charge in [0, 0.05) is 13.1 Å². The molecule has 0 radical (unpaired) electrons. The normalized spacial score (nSPS) is 42.9. The Labute approximate surface area is 160 Å². The monoisotopic (exact) mass is 373 g/mol. The molecule has 6 heteroatoms. The van der Waals surface area contributed by atoms with Crippen LogP contribution in [0.1, 0.15) is 64.2 Å². The minimum atomic E-state index is -0.441. The largest absolute Gasteiger partial charge is 0.354 e. The van der Waals surface area contributed by atoms with E-state index in [9.17, 15) is 14.4 Å². The molecule has 148 valence electrons. The van der Waals surface area contributed by atoms with Gasteiger partial charge in [-0.2, -0.15) is 0 Å². The van der Waals surface area contributed by atoms with Gasteiger partial charge in [0.1, 0.15) is 12.1 Å². The van der Waals surface area contributed by atoms with Gasteiger partial charge in [-0.05, 0) is 82.0 Å². The van der Waals surface area contributed by atoms with Gasteiger partial charge in [0.05, 0.1) is 5.41 Å². The van der Waals surface area contributed by atoms with E-state index in [1.54, 1.807) is 0 Å². The Morgan fingerprint density at radius 3 is 2.30 bits per heavy atom. The highest BCUT2D eigenvalue weighted by molar-refractivity contribution is 5.94. The summed E-state index contributed by atoms with van der Waals surface area (Å²) in [6.45, 7) is 1.38. The number of carbonyl (C=O) groups is 3. The summed E-state index contributed by atoms with van der Waals surface area (Å²) in [7, 11) is 0. The van der Waals surface area contributed by atoms with Gasteiger partial charge in [-0.15, -0.1) is 0 Å². The summed E-state index contributed by atoms with van der Waals surface area (Å²) in [5, 5.41) is 5.74. The topological polar surface area (TPSA) is 78.5 Å². The lowest BCUT2D eigenvalue weighted by Gasteiger charge is -2.56. The Hall–Kier alpha value is -1.59. The van der Waals surface area contributed by atoms with Crippen molar-refractivity contribution in [2.45, 2.75) is 76.3 Å². The number of nitrogens with one attached hydrogen (secondary N) is 2. The molecule has 6 aliphatic rings. The van der Waals surface area contributed by atoms with Crippen molar-refractivity contribution in [3.05, 3.63) is 0 Å². The molecular weight excluding hydrogens is 342 g/mol. The van der Waals surface area contributed by atoms with Crippen LogP contribution in [0.5, 0.6) is 0 Å². The SMILES string of the molecule is O=C1NCCC[C@@H]1NC(=O)[C@H]1CCCN1C(=O)C12CC3CC(CC(C3)C1)C2. The minimum Gasteiger partial charge on any atom is -0.354 e. The van der Waals surface area contributed by atoms with Crippen molar-refractivity contribution in [2.24, 2.45) is 23.2 Å². The molecule has 6 nitrogen and oxygen atoms in total. The van der Waals surface area contributed by atoms with Crippen LogP contribution in [0, 0.1) is 23.2 Å². The van der Waals surface area contributed by atoms with E-state index in [1.807, 2.05) is 4.90 Å². The average molecular weight is 373 g/mol. The Morgan fingerprint density at radius 1 is 1.00 bits per heavy atom. The second-order valence-corrected chi connectivity index (χ2v) is 9.85. The molecule has 0 unspecified atom stereocenters. The van der Waals surface area contributed by atoms with Gasteiger partial charge in [0.2, 0.25) is 17.7 Å². The fourth-order valence-electron chi connectivity index (χ4n) is 7.14. The van der Waals surface area contributed by atoms with E-state index in [0.717, 1.165) is 56.3 Å². The molecule has 2 heterocycles. The molecule has 0 aromatic heterocycles. The average Bonchev–Trinajstić information content (AvgIpc) is 3.11. The van der Waals surface area contributed by atoms with Gasteiger partial charge in [0.25, 0.3) is 0 Å². The maximum atomic E-state index is 13.6. The highest BCUT2D eigenvalue weighted by Crippen LogP contribution is 2.60. The van der Waals surface area contributed by atoms with Gasteiger partial charge in [-0.3, -0.25) is 14.4 Å². The van der Waals surface area contributed by atoms with Crippen LogP contribution in [0.4, 0.5) is 0 Å². The zero-order valence-electron chi connectivity index (χ0n) is 16.0. The van der Waals surface area contributed by atoms with Gasteiger partial charge >= 0.3 is 0 Å². The maximum Gasteiger partial charge on any atom is 0.243 e. The zero-order valence-corrected chi connectivity index (χ0v) is 16.0. The molecule has 4 saturated carbocycles. The van der Waals surface area contributed by atoms with Crippen molar-refractivity contribution < 1.29 is 14.4 Å². The lowest BCUT2D eigenvalue weighted by atomic mass is 9.49. The fraction of sp³-hybridized carbons (Fsp3) is 0.857. The number of piperidine rings is 1. The summed E-state index contributed by atoms with van der Waals surface area (Å²) in [6.07, 6.45) is 10.2. The Bertz CT molecular complexity index is 626. The second-order valence-electron chi connectivity index (χ2n) is 9.85. The van der Waals surface area contributed by atoms with Crippen LogP contribution in [-0.2, 0) is 14.4 Å². The number of carbonyl (C=O) groups excluding carboxylic acids is 3. The van der Waals surface area contributed by atoms with Crippen molar-refractivity contribution in [1.29, 1.82) is 0 Å². The summed E-state index contributed by atoms with van der Waals surface area (Å²) in [4.78, 5) is 40.4. The van der Waals surface area contributed by atoms with Gasteiger partial charge in [-0.1, -0.05) is 0 Å². The van der Waals surface area contributed by atoms with Gasteiger partial charge in [-0.25, -0.2) is 0 Å². The van der Waals surface area contributed by atoms with E-state index in [2.05, 4.69) is 10.6 Å². The van der Waals surface area contributed by atoms with Gasteiger partial charge < -0.3 is 15.5 Å². The lowest BCUT2D eigenvalue weighted by molar-refractivity contribution is -0.160. The Kier molecular flexibility index (Phi) is 4.21. The first-order valence-electron chi connectivity index (χ1n) is 10.9. The van der Waals surface area contributed by atoms with E-state index >= 15 is 0 Å². The van der Waals surface area contributed by atoms with E-state index in [1.165, 1.54) is 19.3 Å². The van der Waals surface area contributed by atoms with Crippen LogP contribution in [0.2, 0.25) is 0 Å². The summed E-state index contributed by atoms with van der Waals surface area (Å²) in [5.74, 6) is 2.19. The quantitative estimate of drug-likeness (QED) is 0.789. The van der Waals surface area contributed by atoms with E-state index in [0.29, 0.717) is 19.5 Å². The molecule has 4 bridgehead atoms. The van der Waals surface area contributed by atoms with Crippen LogP contribution in [0.3, 0.4) is 0 Å². The predicted octanol–water partition coefficient (Wildman–Crippen LogP) is 1.59. The van der Waals surface area contributed by atoms with Crippen LogP contribution in [0.15, 0.2) is 0 Å². The van der Waals surface area contributed by atoms with Crippen LogP contribution < -0.4 is 10.6 Å². The first-order valence-corrected chi connectivity index (χ1v) is 10.9. The molecule has 27 heavy (non-hydrogen) atoms. The highest BCUT2D eigenvalue weighted by atomic mass is 16.2. The maximum absolute atomic E-state index is 13.6. The first kappa shape index (κ1) is 17.5. The summed E-state index contributed by atoms with van der Waals surface area (Å²) < 4.78 is 0. The molecule has 6 rings (SSSR count). The number of rotatable bonds is 3. The number of hydrogen-bond acceptors (Lipinski definition) is 3. The van der Waals surface area contributed by atoms with Crippen LogP contribution in [0.25, 0.3) is 0 Å². The fourth-order valence-corrected chi connectivity index (χ4v) is 7.14. The molecule has 6 fully saturated rings. The van der Waals surface area contributed by atoms with Crippen molar-refractivity contribution in [2.75, 3.05) is 13.1 Å². The minimum absolute atomic E-state index is 0.0912. The predicted molar refractivity (Wildman–Crippen MR) is 99.5 cm³/mol. The molecular formula is C21H31N3O3. The molecule has 2 N–H and O–H groups in total. The molecule has 0 spiro atoms. The molecule has 0 aromatic carbocycles. The smallest absolute Gasteiger partial charge is 0.243 e. The molecule has 0 aromatic rings. The summed E-state index contributed by atoms with van der Waals surface area (Å²) in [5.41, 5.74) is -0.195. The summed E-state index contributed by atoms with van der Waals surface area (Å²) in [6, 6.07) is -0.830. The standard InChI is InChI=1S/C21H31N3O3/c25-18-16(3-1-5-22-18)23-19(26)17-4-2-6-24(17)20(27)21-10-13-7-14(11-21)9-15(8-13)12-21/h13-17H,1-12H2,(H,22,25)(H,23,26)/t13?,14?,15?,16-,17+,21?/m0/s1. The third kappa shape index (κ3) is 2.95. The summed E-state index contributed by atoms with van der Waals surface area (Å²) >= 11 is 0. The van der Waals surface area contributed by atoms with E-state index in [-0.39, 0.29) is 29.2 Å². The van der Waals surface area contributed by atoms with Crippen molar-refractivity contribution in [1.82, 2.24) is 15.5 Å². The molecule has 4 aliphatic carbocycles. The molecule has 2 aliphatic heterocycles. The lowest BCUT2D eigenvalue weighted by Crippen LogP contribution is -2.59. The van der Waals surface area contributed by atoms with Crippen molar-refractivity contribution in [3.8, 4) is 0 Å². The van der Waals surface area contributed by atoms with Crippen LogP contribution in [-0.4, -0.2) is 47.8 Å². The number of amides is 3. The molecule has 3 amide bonds. The molecule has 2 atom stereocenters. The third-order valence-electron chi connectivity index (χ3n) is 7.91.